The van der Waals surface area contributed by atoms with Gasteiger partial charge in [0.2, 0.25) is 0 Å². The van der Waals surface area contributed by atoms with Crippen molar-refractivity contribution < 1.29 is 0 Å². The Balaban J connectivity index is 2.03. The second-order valence-electron chi connectivity index (χ2n) is 3.47. The number of hydrogen-bond donors (Lipinski definition) is 2. The molecule has 0 amide bonds. The molecule has 0 radical (unpaired) electrons. The van der Waals surface area contributed by atoms with Crippen LogP contribution < -0.4 is 5.32 Å². The van der Waals surface area contributed by atoms with Crippen molar-refractivity contribution >= 4 is 12.6 Å². The Morgan fingerprint density at radius 3 is 2.44 bits per heavy atom. The van der Waals surface area contributed by atoms with Gasteiger partial charge in [0.15, 0.2) is 0 Å². The molecule has 1 rings (SSSR count). The van der Waals surface area contributed by atoms with Gasteiger partial charge in [0.1, 0.15) is 0 Å². The minimum atomic E-state index is 0.155. The summed E-state index contributed by atoms with van der Waals surface area (Å²) in [4.78, 5) is 0. The zero-order valence-electron chi connectivity index (χ0n) is 6.15. The first-order valence-electron chi connectivity index (χ1n) is 3.54. The fourth-order valence-electron chi connectivity index (χ4n) is 0.682. The lowest BCUT2D eigenvalue weighted by Crippen LogP contribution is -2.31. The highest BCUT2D eigenvalue weighted by molar-refractivity contribution is 7.81. The molecule has 0 heterocycles. The van der Waals surface area contributed by atoms with E-state index < -0.39 is 0 Å². The summed E-state index contributed by atoms with van der Waals surface area (Å²) in [5, 5.41) is 3.42. The Hall–Kier alpha value is 0.310. The molecule has 0 aliphatic heterocycles. The Labute approximate surface area is 62.6 Å². The van der Waals surface area contributed by atoms with Crippen molar-refractivity contribution in [1.82, 2.24) is 5.32 Å². The standard InChI is InChI=1S/C7H15NS/c1-7(2,9)5-8-6-3-4-6/h6,8-9H,3-5H2,1-2H3. The van der Waals surface area contributed by atoms with Gasteiger partial charge in [-0.25, -0.2) is 0 Å². The number of hydrogen-bond acceptors (Lipinski definition) is 2. The molecule has 0 unspecified atom stereocenters. The van der Waals surface area contributed by atoms with E-state index in [1.807, 2.05) is 0 Å². The fourth-order valence-corrected chi connectivity index (χ4v) is 0.773. The molecule has 1 aliphatic rings. The van der Waals surface area contributed by atoms with E-state index in [4.69, 9.17) is 0 Å². The van der Waals surface area contributed by atoms with Gasteiger partial charge in [0.25, 0.3) is 0 Å². The minimum Gasteiger partial charge on any atom is -0.313 e. The van der Waals surface area contributed by atoms with Crippen molar-refractivity contribution in [3.63, 3.8) is 0 Å². The quantitative estimate of drug-likeness (QED) is 0.573. The van der Waals surface area contributed by atoms with Crippen LogP contribution in [0, 0.1) is 0 Å². The predicted molar refractivity (Wildman–Crippen MR) is 44.1 cm³/mol. The molecule has 0 aromatic heterocycles. The molecule has 1 nitrogen and oxygen atoms in total. The Morgan fingerprint density at radius 1 is 1.56 bits per heavy atom. The van der Waals surface area contributed by atoms with Gasteiger partial charge >= 0.3 is 0 Å². The lowest BCUT2D eigenvalue weighted by Gasteiger charge is -2.17. The summed E-state index contributed by atoms with van der Waals surface area (Å²) in [5.74, 6) is 0. The van der Waals surface area contributed by atoms with Gasteiger partial charge in [-0.15, -0.1) is 0 Å². The minimum absolute atomic E-state index is 0.155. The van der Waals surface area contributed by atoms with Crippen molar-refractivity contribution in [2.75, 3.05) is 6.54 Å². The van der Waals surface area contributed by atoms with Gasteiger partial charge in [-0.2, -0.15) is 12.6 Å². The van der Waals surface area contributed by atoms with Crippen LogP contribution in [0.1, 0.15) is 26.7 Å². The van der Waals surface area contributed by atoms with Crippen molar-refractivity contribution in [3.05, 3.63) is 0 Å². The molecule has 2 heteroatoms. The van der Waals surface area contributed by atoms with Crippen LogP contribution in [0.3, 0.4) is 0 Å². The molecular formula is C7H15NS. The maximum Gasteiger partial charge on any atom is 0.0198 e. The number of thiol groups is 1. The van der Waals surface area contributed by atoms with Gasteiger partial charge in [0.05, 0.1) is 0 Å². The van der Waals surface area contributed by atoms with E-state index in [-0.39, 0.29) is 4.75 Å². The van der Waals surface area contributed by atoms with Gasteiger partial charge < -0.3 is 5.32 Å². The van der Waals surface area contributed by atoms with Gasteiger partial charge in [-0.05, 0) is 26.7 Å². The third kappa shape index (κ3) is 3.82. The predicted octanol–water partition coefficient (Wildman–Crippen LogP) is 1.45. The Kier molecular flexibility index (Phi) is 2.07. The smallest absolute Gasteiger partial charge is 0.0198 e. The lowest BCUT2D eigenvalue weighted by molar-refractivity contribution is 0.590. The summed E-state index contributed by atoms with van der Waals surface area (Å²) >= 11 is 4.39. The maximum absolute atomic E-state index is 4.39. The average Bonchev–Trinajstić information content (AvgIpc) is 2.38. The highest BCUT2D eigenvalue weighted by Gasteiger charge is 2.22. The molecule has 0 aromatic rings. The first-order valence-corrected chi connectivity index (χ1v) is 3.98. The summed E-state index contributed by atoms with van der Waals surface area (Å²) in [5.41, 5.74) is 0. The summed E-state index contributed by atoms with van der Waals surface area (Å²) in [6, 6.07) is 0.816. The zero-order valence-corrected chi connectivity index (χ0v) is 7.04. The van der Waals surface area contributed by atoms with Crippen LogP contribution in [-0.2, 0) is 0 Å². The molecule has 1 N–H and O–H groups in total. The van der Waals surface area contributed by atoms with Crippen molar-refractivity contribution in [2.45, 2.75) is 37.5 Å². The van der Waals surface area contributed by atoms with E-state index in [0.29, 0.717) is 0 Å². The van der Waals surface area contributed by atoms with Gasteiger partial charge in [0, 0.05) is 17.3 Å². The highest BCUT2D eigenvalue weighted by atomic mass is 32.1. The van der Waals surface area contributed by atoms with Crippen LogP contribution in [0.4, 0.5) is 0 Å². The molecule has 0 saturated heterocycles. The Morgan fingerprint density at radius 2 is 2.11 bits per heavy atom. The maximum atomic E-state index is 4.39. The third-order valence-corrected chi connectivity index (χ3v) is 1.56. The van der Waals surface area contributed by atoms with Gasteiger partial charge in [-0.1, -0.05) is 0 Å². The fraction of sp³-hybridized carbons (Fsp3) is 1.00. The molecule has 0 aromatic carbocycles. The molecule has 0 atom stereocenters. The molecular weight excluding hydrogens is 130 g/mol. The number of rotatable bonds is 3. The van der Waals surface area contributed by atoms with E-state index in [1.165, 1.54) is 12.8 Å². The van der Waals surface area contributed by atoms with Gasteiger partial charge in [-0.3, -0.25) is 0 Å². The summed E-state index contributed by atoms with van der Waals surface area (Å²) in [7, 11) is 0. The molecule has 1 fully saturated rings. The van der Waals surface area contributed by atoms with Crippen molar-refractivity contribution in [3.8, 4) is 0 Å². The third-order valence-electron chi connectivity index (χ3n) is 1.40. The highest BCUT2D eigenvalue weighted by Crippen LogP contribution is 2.20. The first kappa shape index (κ1) is 7.42. The average molecular weight is 145 g/mol. The molecule has 0 spiro atoms. The summed E-state index contributed by atoms with van der Waals surface area (Å²) < 4.78 is 0.155. The van der Waals surface area contributed by atoms with Crippen LogP contribution in [0.25, 0.3) is 0 Å². The van der Waals surface area contributed by atoms with Crippen molar-refractivity contribution in [2.24, 2.45) is 0 Å². The SMILES string of the molecule is CC(C)(S)CNC1CC1. The number of nitrogens with one attached hydrogen (secondary N) is 1. The van der Waals surface area contributed by atoms with Crippen LogP contribution in [0.15, 0.2) is 0 Å². The van der Waals surface area contributed by atoms with Crippen LogP contribution in [0.2, 0.25) is 0 Å². The monoisotopic (exact) mass is 145 g/mol. The molecule has 0 bridgehead atoms. The van der Waals surface area contributed by atoms with E-state index in [0.717, 1.165) is 12.6 Å². The van der Waals surface area contributed by atoms with Crippen molar-refractivity contribution in [1.29, 1.82) is 0 Å². The molecule has 9 heavy (non-hydrogen) atoms. The Bertz CT molecular complexity index is 91.6. The van der Waals surface area contributed by atoms with E-state index in [1.54, 1.807) is 0 Å². The topological polar surface area (TPSA) is 12.0 Å². The van der Waals surface area contributed by atoms with E-state index in [2.05, 4.69) is 31.8 Å². The second-order valence-corrected chi connectivity index (χ2v) is 4.68. The largest absolute Gasteiger partial charge is 0.313 e. The summed E-state index contributed by atoms with van der Waals surface area (Å²) in [6.45, 7) is 5.29. The van der Waals surface area contributed by atoms with Crippen LogP contribution in [0.5, 0.6) is 0 Å². The summed E-state index contributed by atoms with van der Waals surface area (Å²) in [6.07, 6.45) is 2.73. The first-order chi connectivity index (χ1) is 4.08. The molecule has 54 valence electrons. The normalized spacial score (nSPS) is 20.3. The molecule has 1 aliphatic carbocycles. The second kappa shape index (κ2) is 2.51. The van der Waals surface area contributed by atoms with E-state index >= 15 is 0 Å². The molecule has 1 saturated carbocycles. The van der Waals surface area contributed by atoms with E-state index in [9.17, 15) is 0 Å². The lowest BCUT2D eigenvalue weighted by atomic mass is 10.2. The van der Waals surface area contributed by atoms with Crippen LogP contribution in [-0.4, -0.2) is 17.3 Å². The zero-order chi connectivity index (χ0) is 6.91. The van der Waals surface area contributed by atoms with Crippen LogP contribution >= 0.6 is 12.6 Å².